The fourth-order valence-corrected chi connectivity index (χ4v) is 14.3. The predicted molar refractivity (Wildman–Crippen MR) is 191 cm³/mol. The molecule has 7 fully saturated rings. The highest BCUT2D eigenvalue weighted by Crippen LogP contribution is 2.77. The summed E-state index contributed by atoms with van der Waals surface area (Å²) in [5.41, 5.74) is 1.26. The van der Waals surface area contributed by atoms with Gasteiger partial charge in [0.1, 0.15) is 42.7 Å². The third-order valence-corrected chi connectivity index (χ3v) is 17.3. The molecule has 2 aliphatic heterocycles. The van der Waals surface area contributed by atoms with Crippen molar-refractivity contribution in [3.05, 3.63) is 12.2 Å². The molecule has 7 N–H and O–H groups in total. The lowest BCUT2D eigenvalue weighted by Crippen LogP contribution is -2.67. The molecule has 7 aliphatic rings. The number of fused-ring (bicyclic) bond motifs is 7. The number of allylic oxidation sites excluding steroid dienone is 1. The van der Waals surface area contributed by atoms with E-state index in [4.69, 9.17) is 18.9 Å². The normalized spacial score (nSPS) is 55.8. The molecule has 52 heavy (non-hydrogen) atoms. The van der Waals surface area contributed by atoms with Crippen molar-refractivity contribution in [2.24, 2.45) is 56.7 Å². The van der Waals surface area contributed by atoms with E-state index in [2.05, 4.69) is 48.1 Å². The van der Waals surface area contributed by atoms with Crippen molar-refractivity contribution in [3.63, 3.8) is 0 Å². The molecular weight excluding hydrogens is 668 g/mol. The van der Waals surface area contributed by atoms with Crippen LogP contribution in [-0.2, 0) is 18.9 Å². The minimum absolute atomic E-state index is 0.0637. The van der Waals surface area contributed by atoms with Crippen molar-refractivity contribution in [3.8, 4) is 0 Å². The summed E-state index contributed by atoms with van der Waals surface area (Å²) in [5, 5.41) is 72.4. The first-order valence-corrected chi connectivity index (χ1v) is 20.2. The molecule has 5 saturated carbocycles. The van der Waals surface area contributed by atoms with E-state index in [0.29, 0.717) is 36.2 Å². The van der Waals surface area contributed by atoms with Crippen LogP contribution in [0.5, 0.6) is 0 Å². The molecule has 0 amide bonds. The largest absolute Gasteiger partial charge is 0.394 e. The predicted octanol–water partition coefficient (Wildman–Crippen LogP) is 3.28. The number of ether oxygens (including phenoxy) is 4. The van der Waals surface area contributed by atoms with Crippen molar-refractivity contribution in [2.75, 3.05) is 19.8 Å². The lowest BCUT2D eigenvalue weighted by molar-refractivity contribution is -0.316. The molecule has 2 heterocycles. The smallest absolute Gasteiger partial charge is 0.186 e. The summed E-state index contributed by atoms with van der Waals surface area (Å²) in [7, 11) is 0. The summed E-state index contributed by atoms with van der Waals surface area (Å²) in [5.74, 6) is 2.17. The molecule has 11 heteroatoms. The Bertz CT molecular complexity index is 1330. The van der Waals surface area contributed by atoms with Gasteiger partial charge in [-0.15, -0.1) is 0 Å². The van der Waals surface area contributed by atoms with Crippen LogP contribution in [0.2, 0.25) is 0 Å². The van der Waals surface area contributed by atoms with E-state index >= 15 is 0 Å². The van der Waals surface area contributed by atoms with Crippen molar-refractivity contribution in [1.82, 2.24) is 0 Å². The minimum Gasteiger partial charge on any atom is -0.394 e. The van der Waals surface area contributed by atoms with Gasteiger partial charge in [-0.2, -0.15) is 0 Å². The van der Waals surface area contributed by atoms with Crippen LogP contribution in [0.1, 0.15) is 106 Å². The molecule has 0 aromatic heterocycles. The molecule has 2 saturated heterocycles. The lowest BCUT2D eigenvalue weighted by Gasteiger charge is -2.73. The van der Waals surface area contributed by atoms with Crippen LogP contribution in [0.4, 0.5) is 0 Å². The molecule has 0 unspecified atom stereocenters. The van der Waals surface area contributed by atoms with Gasteiger partial charge >= 0.3 is 0 Å². The third-order valence-electron chi connectivity index (χ3n) is 17.3. The highest BCUT2D eigenvalue weighted by Gasteiger charge is 2.71. The SMILES string of the molecule is C=C(C)[C@@H]1CC[C@]2(CO[C@@H]3O[C@H](CO)[C@@H](O)[C@H](O)[C@H]3O)CC[C@]3(C)[C@H](CC[C@@H]4[C@@]5(C)CC[C@H](O[C@@H]6OC[C@H](O)[C@H](O)[C@H]6O)C(C)(C)[C@@H]5CC[C@]43C)[C@@H]12. The van der Waals surface area contributed by atoms with Gasteiger partial charge in [-0.25, -0.2) is 0 Å². The van der Waals surface area contributed by atoms with Gasteiger partial charge in [-0.3, -0.25) is 0 Å². The first-order chi connectivity index (χ1) is 24.4. The van der Waals surface area contributed by atoms with Gasteiger partial charge in [-0.1, -0.05) is 46.8 Å². The zero-order valence-electron chi connectivity index (χ0n) is 32.3. The van der Waals surface area contributed by atoms with E-state index in [1.54, 1.807) is 0 Å². The molecule has 0 aromatic carbocycles. The molecule has 5 aliphatic carbocycles. The van der Waals surface area contributed by atoms with E-state index < -0.39 is 61.9 Å². The van der Waals surface area contributed by atoms with Crippen LogP contribution in [0.3, 0.4) is 0 Å². The Morgan fingerprint density at radius 3 is 2.13 bits per heavy atom. The van der Waals surface area contributed by atoms with Crippen molar-refractivity contribution >= 4 is 0 Å². The zero-order chi connectivity index (χ0) is 37.8. The average molecular weight is 737 g/mol. The summed E-state index contributed by atoms with van der Waals surface area (Å²) in [6, 6.07) is 0. The second-order valence-electron chi connectivity index (χ2n) is 19.8. The van der Waals surface area contributed by atoms with Gasteiger partial charge in [0, 0.05) is 0 Å². The fraction of sp³-hybridized carbons (Fsp3) is 0.951. The molecule has 0 spiro atoms. The minimum atomic E-state index is -1.46. The Hall–Kier alpha value is -0.700. The number of hydrogen-bond acceptors (Lipinski definition) is 11. The monoisotopic (exact) mass is 736 g/mol. The third kappa shape index (κ3) is 5.76. The lowest BCUT2D eigenvalue weighted by atomic mass is 9.32. The number of aliphatic hydroxyl groups is 7. The first kappa shape index (κ1) is 39.5. The van der Waals surface area contributed by atoms with Gasteiger partial charge < -0.3 is 54.7 Å². The number of rotatable bonds is 7. The Balaban J connectivity index is 1.12. The maximum Gasteiger partial charge on any atom is 0.186 e. The van der Waals surface area contributed by atoms with Gasteiger partial charge in [0.05, 0.1) is 25.9 Å². The molecule has 0 bridgehead atoms. The van der Waals surface area contributed by atoms with Gasteiger partial charge in [0.2, 0.25) is 0 Å². The molecule has 0 radical (unpaired) electrons. The summed E-state index contributed by atoms with van der Waals surface area (Å²) >= 11 is 0. The summed E-state index contributed by atoms with van der Waals surface area (Å²) in [4.78, 5) is 0. The summed E-state index contributed by atoms with van der Waals surface area (Å²) in [6.45, 7) is 18.9. The van der Waals surface area contributed by atoms with Crippen LogP contribution < -0.4 is 0 Å². The fourth-order valence-electron chi connectivity index (χ4n) is 14.3. The standard InChI is InChI=1S/C41H68O11/c1-21(2)22-10-15-41(20-50-36-34(48)32(46)31(45)25(18-42)51-36)17-16-39(6)23(29(22)41)8-9-27-38(5)13-12-28(37(3,4)26(38)11-14-40(27,39)7)52-35-33(47)30(44)24(43)19-49-35/h22-36,42-48H,1,8-20H2,2-7H3/t22-,23+,24-,25+,26-,27+,28-,29+,30-,31+,32-,33+,34+,35-,36+,38-,39+,40+,41+/m0/s1. The molecule has 19 atom stereocenters. The first-order valence-electron chi connectivity index (χ1n) is 20.2. The second kappa shape index (κ2) is 13.7. The highest BCUT2D eigenvalue weighted by atomic mass is 16.7. The van der Waals surface area contributed by atoms with E-state index in [1.807, 2.05) is 0 Å². The van der Waals surface area contributed by atoms with Crippen molar-refractivity contribution in [1.29, 1.82) is 0 Å². The molecule has 0 aromatic rings. The van der Waals surface area contributed by atoms with E-state index in [9.17, 15) is 35.7 Å². The van der Waals surface area contributed by atoms with Crippen LogP contribution in [0, 0.1) is 56.7 Å². The highest BCUT2D eigenvalue weighted by molar-refractivity contribution is 5.22. The molecule has 298 valence electrons. The van der Waals surface area contributed by atoms with E-state index in [-0.39, 0.29) is 39.8 Å². The van der Waals surface area contributed by atoms with Crippen molar-refractivity contribution < 1.29 is 54.7 Å². The Labute approximate surface area is 310 Å². The van der Waals surface area contributed by atoms with Gasteiger partial charge in [-0.05, 0) is 128 Å². The van der Waals surface area contributed by atoms with Crippen LogP contribution in [-0.4, -0.2) is 117 Å². The maximum atomic E-state index is 10.8. The van der Waals surface area contributed by atoms with Gasteiger partial charge in [0.25, 0.3) is 0 Å². The summed E-state index contributed by atoms with van der Waals surface area (Å²) < 4.78 is 24.4. The maximum absolute atomic E-state index is 10.8. The van der Waals surface area contributed by atoms with Crippen LogP contribution in [0.15, 0.2) is 12.2 Å². The average Bonchev–Trinajstić information content (AvgIpc) is 3.48. The van der Waals surface area contributed by atoms with Crippen LogP contribution in [0.25, 0.3) is 0 Å². The Kier molecular flexibility index (Phi) is 10.5. The van der Waals surface area contributed by atoms with E-state index in [1.165, 1.54) is 5.57 Å². The Morgan fingerprint density at radius 2 is 1.44 bits per heavy atom. The number of hydrogen-bond donors (Lipinski definition) is 7. The zero-order valence-corrected chi connectivity index (χ0v) is 32.3. The quantitative estimate of drug-likeness (QED) is 0.151. The number of aliphatic hydroxyl groups excluding tert-OH is 7. The molecular formula is C41H68O11. The van der Waals surface area contributed by atoms with Crippen LogP contribution >= 0.6 is 0 Å². The van der Waals surface area contributed by atoms with Gasteiger partial charge in [0.15, 0.2) is 12.6 Å². The second-order valence-corrected chi connectivity index (χ2v) is 19.8. The summed E-state index contributed by atoms with van der Waals surface area (Å²) in [6.07, 6.45) is -0.692. The molecule has 7 rings (SSSR count). The van der Waals surface area contributed by atoms with Crippen molar-refractivity contribution in [2.45, 2.75) is 167 Å². The molecule has 11 nitrogen and oxygen atoms in total. The van der Waals surface area contributed by atoms with E-state index in [0.717, 1.165) is 64.2 Å². The topological polar surface area (TPSA) is 179 Å². The Morgan fingerprint density at radius 1 is 0.731 bits per heavy atom.